The van der Waals surface area contributed by atoms with Crippen LogP contribution in [0.5, 0.6) is 0 Å². The van der Waals surface area contributed by atoms with Gasteiger partial charge in [-0.15, -0.1) is 11.7 Å². The van der Waals surface area contributed by atoms with Crippen molar-refractivity contribution in [3.05, 3.63) is 24.5 Å². The third-order valence-electron chi connectivity index (χ3n) is 4.44. The van der Waals surface area contributed by atoms with Crippen LogP contribution < -0.4 is 5.32 Å². The number of nitrogens with one attached hydrogen (secondary N) is 1. The smallest absolute Gasteiger partial charge is 0.273 e. The predicted molar refractivity (Wildman–Crippen MR) is 84.6 cm³/mol. The van der Waals surface area contributed by atoms with Gasteiger partial charge >= 0.3 is 0 Å². The Bertz CT molecular complexity index is 530. The first kappa shape index (κ1) is 15.2. The van der Waals surface area contributed by atoms with Gasteiger partial charge in [-0.05, 0) is 25.2 Å². The predicted octanol–water partition coefficient (Wildman–Crippen LogP) is 1.63. The lowest BCUT2D eigenvalue weighted by Crippen LogP contribution is -2.60. The molecule has 3 rings (SSSR count). The number of likely N-dealkylation sites (tertiary alicyclic amines) is 1. The van der Waals surface area contributed by atoms with Gasteiger partial charge in [0.1, 0.15) is 0 Å². The highest BCUT2D eigenvalue weighted by Crippen LogP contribution is 2.33. The van der Waals surface area contributed by atoms with Crippen LogP contribution in [0.3, 0.4) is 0 Å². The highest BCUT2D eigenvalue weighted by Gasteiger charge is 2.30. The van der Waals surface area contributed by atoms with Gasteiger partial charge in [0.15, 0.2) is 5.69 Å². The number of rotatable bonds is 8. The molecule has 1 aromatic heterocycles. The lowest BCUT2D eigenvalue weighted by atomic mass is 10.00. The molecule has 1 aromatic rings. The second kappa shape index (κ2) is 6.60. The normalized spacial score (nSPS) is 20.4. The first-order valence-corrected chi connectivity index (χ1v) is 8.27. The molecule has 1 saturated heterocycles. The quantitative estimate of drug-likeness (QED) is 0.741. The molecule has 2 aliphatic rings. The second-order valence-corrected chi connectivity index (χ2v) is 6.49. The Morgan fingerprint density at radius 2 is 2.32 bits per heavy atom. The number of aromatic nitrogens is 3. The van der Waals surface area contributed by atoms with Crippen LogP contribution in [0.2, 0.25) is 0 Å². The van der Waals surface area contributed by atoms with Crippen LogP contribution in [0.15, 0.2) is 18.9 Å². The van der Waals surface area contributed by atoms with Gasteiger partial charge in [-0.2, -0.15) is 0 Å². The van der Waals surface area contributed by atoms with Crippen molar-refractivity contribution in [3.63, 3.8) is 0 Å². The molecule has 1 amide bonds. The zero-order chi connectivity index (χ0) is 15.5. The Kier molecular flexibility index (Phi) is 4.57. The first-order valence-electron chi connectivity index (χ1n) is 8.27. The molecule has 0 bridgehead atoms. The molecule has 22 heavy (non-hydrogen) atoms. The molecule has 1 unspecified atom stereocenters. The monoisotopic (exact) mass is 303 g/mol. The first-order chi connectivity index (χ1) is 10.7. The Morgan fingerprint density at radius 1 is 1.55 bits per heavy atom. The van der Waals surface area contributed by atoms with Gasteiger partial charge < -0.3 is 5.32 Å². The lowest BCUT2D eigenvalue weighted by Gasteiger charge is -2.40. The van der Waals surface area contributed by atoms with Crippen molar-refractivity contribution in [2.75, 3.05) is 19.6 Å². The molecule has 1 saturated carbocycles. The summed E-state index contributed by atoms with van der Waals surface area (Å²) in [6.45, 7) is 8.97. The summed E-state index contributed by atoms with van der Waals surface area (Å²) < 4.78 is 1.81. The number of hydrogen-bond acceptors (Lipinski definition) is 4. The third kappa shape index (κ3) is 3.55. The Balaban J connectivity index is 1.41. The van der Waals surface area contributed by atoms with E-state index in [0.717, 1.165) is 32.5 Å². The highest BCUT2D eigenvalue weighted by molar-refractivity contribution is 5.92. The minimum atomic E-state index is -0.106. The van der Waals surface area contributed by atoms with E-state index >= 15 is 0 Å². The second-order valence-electron chi connectivity index (χ2n) is 6.49. The summed E-state index contributed by atoms with van der Waals surface area (Å²) >= 11 is 0. The summed E-state index contributed by atoms with van der Waals surface area (Å²) in [6.07, 6.45) is 8.46. The molecule has 1 N–H and O–H groups in total. The number of carbonyl (C=O) groups excluding carboxylic acids is 1. The molecule has 0 aromatic carbocycles. The van der Waals surface area contributed by atoms with Crippen molar-refractivity contribution in [1.29, 1.82) is 0 Å². The Labute approximate surface area is 131 Å². The molecule has 1 atom stereocenters. The van der Waals surface area contributed by atoms with E-state index in [2.05, 4.69) is 34.0 Å². The van der Waals surface area contributed by atoms with Crippen LogP contribution in [0.25, 0.3) is 0 Å². The minimum absolute atomic E-state index is 0.106. The molecule has 2 heterocycles. The third-order valence-corrected chi connectivity index (χ3v) is 4.44. The largest absolute Gasteiger partial charge is 0.345 e. The van der Waals surface area contributed by atoms with Gasteiger partial charge in [-0.3, -0.25) is 9.69 Å². The van der Waals surface area contributed by atoms with Crippen LogP contribution in [0.4, 0.5) is 0 Å². The average Bonchev–Trinajstić information content (AvgIpc) is 3.21. The van der Waals surface area contributed by atoms with Gasteiger partial charge in [0.25, 0.3) is 5.91 Å². The van der Waals surface area contributed by atoms with E-state index in [0.29, 0.717) is 17.7 Å². The summed E-state index contributed by atoms with van der Waals surface area (Å²) in [7, 11) is 0. The van der Waals surface area contributed by atoms with E-state index in [4.69, 9.17) is 0 Å². The number of carbonyl (C=O) groups is 1. The average molecular weight is 303 g/mol. The maximum Gasteiger partial charge on any atom is 0.273 e. The minimum Gasteiger partial charge on any atom is -0.345 e. The summed E-state index contributed by atoms with van der Waals surface area (Å²) in [6, 6.07) is 0.688. The Hall–Kier alpha value is -1.69. The Morgan fingerprint density at radius 3 is 2.95 bits per heavy atom. The van der Waals surface area contributed by atoms with Gasteiger partial charge in [-0.1, -0.05) is 24.6 Å². The van der Waals surface area contributed by atoms with E-state index in [9.17, 15) is 4.79 Å². The van der Waals surface area contributed by atoms with Crippen molar-refractivity contribution in [2.45, 2.75) is 44.7 Å². The van der Waals surface area contributed by atoms with Crippen molar-refractivity contribution in [3.8, 4) is 0 Å². The highest BCUT2D eigenvalue weighted by atomic mass is 16.2. The molecule has 0 radical (unpaired) electrons. The summed E-state index contributed by atoms with van der Waals surface area (Å²) in [5.41, 5.74) is 0.431. The van der Waals surface area contributed by atoms with Gasteiger partial charge in [-0.25, -0.2) is 4.68 Å². The van der Waals surface area contributed by atoms with Crippen LogP contribution in [0.1, 0.15) is 49.1 Å². The van der Waals surface area contributed by atoms with Crippen LogP contribution in [-0.4, -0.2) is 51.5 Å². The molecular weight excluding hydrogens is 278 g/mol. The molecule has 2 fully saturated rings. The van der Waals surface area contributed by atoms with Gasteiger partial charge in [0.05, 0.1) is 18.3 Å². The van der Waals surface area contributed by atoms with E-state index in [1.54, 1.807) is 10.9 Å². The fourth-order valence-electron chi connectivity index (χ4n) is 2.95. The molecule has 6 nitrogen and oxygen atoms in total. The topological polar surface area (TPSA) is 63.1 Å². The number of hydrogen-bond donors (Lipinski definition) is 1. The van der Waals surface area contributed by atoms with Crippen molar-refractivity contribution < 1.29 is 4.79 Å². The summed E-state index contributed by atoms with van der Waals surface area (Å²) in [5, 5.41) is 11.0. The lowest BCUT2D eigenvalue weighted by molar-refractivity contribution is 0.0778. The van der Waals surface area contributed by atoms with Crippen LogP contribution in [-0.2, 0) is 0 Å². The SMILES string of the molecule is C=CC(CCC)CN1CC(NC(=O)c2cn(C3CC3)nn2)C1. The zero-order valence-corrected chi connectivity index (χ0v) is 13.2. The summed E-state index contributed by atoms with van der Waals surface area (Å²) in [5.74, 6) is 0.450. The van der Waals surface area contributed by atoms with Gasteiger partial charge in [0, 0.05) is 19.6 Å². The molecule has 1 aliphatic carbocycles. The zero-order valence-electron chi connectivity index (χ0n) is 13.2. The molecular formula is C16H25N5O. The standard InChI is InChI=1S/C16H25N5O/c1-3-5-12(4-2)8-20-9-13(10-20)17-16(22)15-11-21(19-18-15)14-6-7-14/h4,11-14H,2-3,5-10H2,1H3,(H,17,22). The fraction of sp³-hybridized carbons (Fsp3) is 0.688. The molecule has 1 aliphatic heterocycles. The number of amides is 1. The van der Waals surface area contributed by atoms with E-state index in [1.807, 2.05) is 6.08 Å². The summed E-state index contributed by atoms with van der Waals surface area (Å²) in [4.78, 5) is 14.5. The van der Waals surface area contributed by atoms with Crippen molar-refractivity contribution >= 4 is 5.91 Å². The van der Waals surface area contributed by atoms with Crippen LogP contribution >= 0.6 is 0 Å². The molecule has 120 valence electrons. The fourth-order valence-corrected chi connectivity index (χ4v) is 2.95. The van der Waals surface area contributed by atoms with E-state index in [-0.39, 0.29) is 11.9 Å². The van der Waals surface area contributed by atoms with E-state index in [1.165, 1.54) is 12.8 Å². The van der Waals surface area contributed by atoms with Crippen molar-refractivity contribution in [2.24, 2.45) is 5.92 Å². The van der Waals surface area contributed by atoms with Crippen LogP contribution in [0, 0.1) is 5.92 Å². The van der Waals surface area contributed by atoms with Gasteiger partial charge in [0.2, 0.25) is 0 Å². The molecule has 0 spiro atoms. The number of nitrogens with zero attached hydrogens (tertiary/aromatic N) is 4. The van der Waals surface area contributed by atoms with Crippen molar-refractivity contribution in [1.82, 2.24) is 25.2 Å². The van der Waals surface area contributed by atoms with E-state index < -0.39 is 0 Å². The maximum atomic E-state index is 12.1. The molecule has 6 heteroatoms. The maximum absolute atomic E-state index is 12.1.